The number of furan rings is 1. The van der Waals surface area contributed by atoms with Crippen LogP contribution in [-0.4, -0.2) is 26.1 Å². The molecule has 150 valence electrons. The van der Waals surface area contributed by atoms with E-state index in [9.17, 15) is 0 Å². The van der Waals surface area contributed by atoms with Crippen LogP contribution in [0, 0.1) is 0 Å². The number of guanidine groups is 2. The van der Waals surface area contributed by atoms with E-state index in [0.717, 1.165) is 0 Å². The second-order valence-electron chi connectivity index (χ2n) is 5.95. The number of para-hydroxylation sites is 2. The average molecular weight is 394 g/mol. The monoisotopic (exact) mass is 394 g/mol. The van der Waals surface area contributed by atoms with Crippen molar-refractivity contribution in [2.45, 2.75) is 0 Å². The molecule has 0 unspecified atom stereocenters. The van der Waals surface area contributed by atoms with E-state index < -0.39 is 0 Å². The van der Waals surface area contributed by atoms with Crippen LogP contribution in [0.3, 0.4) is 0 Å². The van der Waals surface area contributed by atoms with Gasteiger partial charge in [-0.15, -0.1) is 0 Å². The third-order valence-corrected chi connectivity index (χ3v) is 4.03. The molecule has 1 aromatic heterocycles. The predicted molar refractivity (Wildman–Crippen MR) is 114 cm³/mol. The quantitative estimate of drug-likeness (QED) is 0.369. The number of ether oxygens (including phenoxy) is 2. The Labute approximate surface area is 167 Å². The molecule has 9 nitrogen and oxygen atoms in total. The zero-order valence-electron chi connectivity index (χ0n) is 16.0. The largest absolute Gasteiger partial charge is 0.494 e. The van der Waals surface area contributed by atoms with Crippen LogP contribution in [0.25, 0.3) is 22.6 Å². The summed E-state index contributed by atoms with van der Waals surface area (Å²) in [4.78, 5) is 8.19. The van der Waals surface area contributed by atoms with Crippen LogP contribution < -0.4 is 32.4 Å². The number of hydrogen-bond acceptors (Lipinski definition) is 5. The highest BCUT2D eigenvalue weighted by Gasteiger charge is 2.18. The van der Waals surface area contributed by atoms with Crippen LogP contribution in [-0.2, 0) is 0 Å². The van der Waals surface area contributed by atoms with Gasteiger partial charge in [-0.25, -0.2) is 9.98 Å². The van der Waals surface area contributed by atoms with Crippen molar-refractivity contribution in [3.8, 4) is 34.1 Å². The van der Waals surface area contributed by atoms with Crippen molar-refractivity contribution in [1.29, 1.82) is 0 Å². The molecular formula is C20H22N6O3. The summed E-state index contributed by atoms with van der Waals surface area (Å²) in [6.07, 6.45) is 0. The van der Waals surface area contributed by atoms with Crippen LogP contribution in [0.1, 0.15) is 0 Å². The van der Waals surface area contributed by atoms with E-state index in [0.29, 0.717) is 45.5 Å². The van der Waals surface area contributed by atoms with Crippen molar-refractivity contribution in [2.24, 2.45) is 32.9 Å². The average Bonchev–Trinajstić information content (AvgIpc) is 3.16. The van der Waals surface area contributed by atoms with Gasteiger partial charge in [-0.1, -0.05) is 12.1 Å². The molecule has 3 rings (SSSR count). The third-order valence-electron chi connectivity index (χ3n) is 4.03. The minimum Gasteiger partial charge on any atom is -0.494 e. The molecule has 0 aliphatic rings. The third kappa shape index (κ3) is 4.08. The number of rotatable bonds is 6. The van der Waals surface area contributed by atoms with Gasteiger partial charge in [0.15, 0.2) is 23.4 Å². The maximum Gasteiger partial charge on any atom is 0.191 e. The summed E-state index contributed by atoms with van der Waals surface area (Å²) < 4.78 is 17.1. The Balaban J connectivity index is 2.10. The smallest absolute Gasteiger partial charge is 0.191 e. The Morgan fingerprint density at radius 1 is 0.690 bits per heavy atom. The number of hydrogen-bond donors (Lipinski definition) is 4. The number of nitrogens with two attached hydrogens (primary N) is 4. The van der Waals surface area contributed by atoms with E-state index in [1.54, 1.807) is 12.1 Å². The molecule has 29 heavy (non-hydrogen) atoms. The van der Waals surface area contributed by atoms with E-state index in [1.807, 2.05) is 36.4 Å². The summed E-state index contributed by atoms with van der Waals surface area (Å²) in [5.41, 5.74) is 24.4. The standard InChI is InChI=1S/C20H22N6O3/c1-27-17-11(5-3-7-13(17)25-19(21)22)15-9-10-16(29-15)12-6-4-8-14(18(12)28-2)26-20(23)24/h3-10H,1-2H3,(H4,21,22,25)(H4,23,24,26). The van der Waals surface area contributed by atoms with Crippen LogP contribution in [0.2, 0.25) is 0 Å². The van der Waals surface area contributed by atoms with Crippen molar-refractivity contribution in [2.75, 3.05) is 14.2 Å². The van der Waals surface area contributed by atoms with Gasteiger partial charge in [0.05, 0.1) is 25.3 Å². The van der Waals surface area contributed by atoms with E-state index >= 15 is 0 Å². The number of methoxy groups -OCH3 is 2. The number of aliphatic imine (C=N–C) groups is 2. The van der Waals surface area contributed by atoms with Crippen molar-refractivity contribution >= 4 is 23.3 Å². The molecule has 0 bridgehead atoms. The molecule has 3 aromatic rings. The fraction of sp³-hybridized carbons (Fsp3) is 0.100. The van der Waals surface area contributed by atoms with Gasteiger partial charge in [0, 0.05) is 0 Å². The molecule has 2 aromatic carbocycles. The lowest BCUT2D eigenvalue weighted by atomic mass is 10.1. The Morgan fingerprint density at radius 2 is 1.10 bits per heavy atom. The number of nitrogens with zero attached hydrogens (tertiary/aromatic N) is 2. The molecule has 0 fully saturated rings. The van der Waals surface area contributed by atoms with Crippen LogP contribution in [0.4, 0.5) is 11.4 Å². The van der Waals surface area contributed by atoms with Crippen molar-refractivity contribution in [1.82, 2.24) is 0 Å². The van der Waals surface area contributed by atoms with Gasteiger partial charge in [-0.05, 0) is 36.4 Å². The molecule has 1 heterocycles. The molecule has 0 saturated carbocycles. The highest BCUT2D eigenvalue weighted by atomic mass is 16.5. The molecule has 0 radical (unpaired) electrons. The molecular weight excluding hydrogens is 372 g/mol. The van der Waals surface area contributed by atoms with Gasteiger partial charge in [0.1, 0.15) is 22.9 Å². The van der Waals surface area contributed by atoms with Crippen molar-refractivity contribution < 1.29 is 13.9 Å². The second kappa shape index (κ2) is 8.26. The van der Waals surface area contributed by atoms with Crippen LogP contribution in [0.5, 0.6) is 11.5 Å². The molecule has 9 heteroatoms. The zero-order valence-corrected chi connectivity index (χ0v) is 16.0. The fourth-order valence-corrected chi connectivity index (χ4v) is 2.95. The Kier molecular flexibility index (Phi) is 5.59. The topological polar surface area (TPSA) is 160 Å². The van der Waals surface area contributed by atoms with Crippen molar-refractivity contribution in [3.05, 3.63) is 48.5 Å². The van der Waals surface area contributed by atoms with Gasteiger partial charge in [-0.2, -0.15) is 0 Å². The molecule has 0 amide bonds. The Bertz CT molecular complexity index is 996. The van der Waals surface area contributed by atoms with Crippen LogP contribution in [0.15, 0.2) is 62.9 Å². The second-order valence-corrected chi connectivity index (χ2v) is 5.95. The summed E-state index contributed by atoms with van der Waals surface area (Å²) in [6.45, 7) is 0. The molecule has 0 aliphatic heterocycles. The maximum atomic E-state index is 6.08. The maximum absolute atomic E-state index is 6.08. The van der Waals surface area contributed by atoms with E-state index in [2.05, 4.69) is 9.98 Å². The summed E-state index contributed by atoms with van der Waals surface area (Å²) in [6, 6.07) is 14.4. The molecule has 0 aliphatic carbocycles. The minimum absolute atomic E-state index is 0.0677. The lowest BCUT2D eigenvalue weighted by Crippen LogP contribution is -2.22. The highest BCUT2D eigenvalue weighted by Crippen LogP contribution is 2.43. The van der Waals surface area contributed by atoms with E-state index in [1.165, 1.54) is 14.2 Å². The minimum atomic E-state index is -0.0677. The highest BCUT2D eigenvalue weighted by molar-refractivity contribution is 5.85. The fourth-order valence-electron chi connectivity index (χ4n) is 2.95. The van der Waals surface area contributed by atoms with Gasteiger partial charge >= 0.3 is 0 Å². The van der Waals surface area contributed by atoms with Crippen molar-refractivity contribution in [3.63, 3.8) is 0 Å². The van der Waals surface area contributed by atoms with Crippen LogP contribution >= 0.6 is 0 Å². The van der Waals surface area contributed by atoms with Gasteiger partial charge in [-0.3, -0.25) is 0 Å². The van der Waals surface area contributed by atoms with Gasteiger partial charge in [0.2, 0.25) is 0 Å². The SMILES string of the molecule is COc1c(N=C(N)N)cccc1-c1ccc(-c2cccc(N=C(N)N)c2OC)o1. The molecule has 0 atom stereocenters. The normalized spacial score (nSPS) is 10.3. The molecule has 0 saturated heterocycles. The first-order chi connectivity index (χ1) is 13.9. The summed E-state index contributed by atoms with van der Waals surface area (Å²) in [7, 11) is 3.08. The first kappa shape index (κ1) is 19.6. The summed E-state index contributed by atoms with van der Waals surface area (Å²) in [5, 5.41) is 0. The van der Waals surface area contributed by atoms with E-state index in [4.69, 9.17) is 36.8 Å². The summed E-state index contributed by atoms with van der Waals surface area (Å²) >= 11 is 0. The lowest BCUT2D eigenvalue weighted by Gasteiger charge is -2.11. The lowest BCUT2D eigenvalue weighted by molar-refractivity contribution is 0.414. The predicted octanol–water partition coefficient (Wildman–Crippen LogP) is 2.44. The first-order valence-electron chi connectivity index (χ1n) is 8.58. The zero-order chi connectivity index (χ0) is 21.0. The van der Waals surface area contributed by atoms with Gasteiger partial charge < -0.3 is 36.8 Å². The molecule has 8 N–H and O–H groups in total. The first-order valence-corrected chi connectivity index (χ1v) is 8.58. The Morgan fingerprint density at radius 3 is 1.45 bits per heavy atom. The summed E-state index contributed by atoms with van der Waals surface area (Å²) in [5.74, 6) is 1.98. The Hall–Kier alpha value is -4.14. The van der Waals surface area contributed by atoms with Gasteiger partial charge in [0.25, 0.3) is 0 Å². The van der Waals surface area contributed by atoms with E-state index in [-0.39, 0.29) is 11.9 Å². The number of benzene rings is 2. The molecule has 0 spiro atoms.